The van der Waals surface area contributed by atoms with Gasteiger partial charge in [0.25, 0.3) is 5.56 Å². The van der Waals surface area contributed by atoms with E-state index in [1.54, 1.807) is 4.68 Å². The molecule has 0 amide bonds. The minimum Gasteiger partial charge on any atom is -0.381 e. The zero-order valence-electron chi connectivity index (χ0n) is 14.6. The van der Waals surface area contributed by atoms with Crippen molar-refractivity contribution in [3.8, 4) is 0 Å². The van der Waals surface area contributed by atoms with E-state index in [0.717, 1.165) is 51.6 Å². The highest BCUT2D eigenvalue weighted by molar-refractivity contribution is 5.20. The first-order valence-corrected chi connectivity index (χ1v) is 9.68. The largest absolute Gasteiger partial charge is 0.381 e. The van der Waals surface area contributed by atoms with Crippen LogP contribution in [-0.4, -0.2) is 47.5 Å². The molecule has 0 spiro atoms. The van der Waals surface area contributed by atoms with Crippen LogP contribution in [0, 0.1) is 11.8 Å². The van der Waals surface area contributed by atoms with Gasteiger partial charge in [0.2, 0.25) is 0 Å². The average Bonchev–Trinajstić information content (AvgIpc) is 3.10. The fourth-order valence-corrected chi connectivity index (χ4v) is 4.42. The predicted octanol–water partition coefficient (Wildman–Crippen LogP) is 1.87. The average molecular weight is 331 g/mol. The van der Waals surface area contributed by atoms with Crippen LogP contribution in [-0.2, 0) is 24.1 Å². The van der Waals surface area contributed by atoms with Crippen LogP contribution in [0.1, 0.15) is 43.4 Å². The van der Waals surface area contributed by atoms with E-state index in [1.165, 1.54) is 49.9 Å². The first-order valence-electron chi connectivity index (χ1n) is 9.68. The lowest BCUT2D eigenvalue weighted by molar-refractivity contribution is 0.134. The Morgan fingerprint density at radius 1 is 1.08 bits per heavy atom. The maximum atomic E-state index is 12.3. The number of likely N-dealkylation sites (tertiary alicyclic amines) is 1. The van der Waals surface area contributed by atoms with Gasteiger partial charge >= 0.3 is 0 Å². The van der Waals surface area contributed by atoms with Gasteiger partial charge < -0.3 is 9.64 Å². The molecule has 1 unspecified atom stereocenters. The van der Waals surface area contributed by atoms with Crippen molar-refractivity contribution in [1.82, 2.24) is 14.7 Å². The van der Waals surface area contributed by atoms with E-state index in [9.17, 15) is 4.79 Å². The number of rotatable bonds is 4. The Labute approximate surface area is 144 Å². The monoisotopic (exact) mass is 331 g/mol. The molecule has 4 rings (SSSR count). The molecule has 1 aromatic heterocycles. The second-order valence-electron chi connectivity index (χ2n) is 7.82. The zero-order chi connectivity index (χ0) is 16.4. The van der Waals surface area contributed by atoms with E-state index >= 15 is 0 Å². The van der Waals surface area contributed by atoms with Gasteiger partial charge in [0.15, 0.2) is 0 Å². The maximum absolute atomic E-state index is 12.3. The molecule has 0 aromatic carbocycles. The van der Waals surface area contributed by atoms with Gasteiger partial charge in [-0.25, -0.2) is 4.68 Å². The van der Waals surface area contributed by atoms with Crippen molar-refractivity contribution in [2.75, 3.05) is 32.8 Å². The molecule has 24 heavy (non-hydrogen) atoms. The molecule has 0 N–H and O–H groups in total. The van der Waals surface area contributed by atoms with Crippen LogP contribution in [0.5, 0.6) is 0 Å². The number of fused-ring (bicyclic) bond motifs is 1. The number of nitrogens with zero attached hydrogens (tertiary/aromatic N) is 3. The van der Waals surface area contributed by atoms with E-state index in [-0.39, 0.29) is 5.56 Å². The summed E-state index contributed by atoms with van der Waals surface area (Å²) in [6, 6.07) is 1.84. The molecule has 0 radical (unpaired) electrons. The van der Waals surface area contributed by atoms with Gasteiger partial charge in [-0.1, -0.05) is 0 Å². The van der Waals surface area contributed by atoms with Crippen molar-refractivity contribution in [3.63, 3.8) is 0 Å². The number of ether oxygens (including phenoxy) is 1. The quantitative estimate of drug-likeness (QED) is 0.845. The van der Waals surface area contributed by atoms with Gasteiger partial charge in [0.05, 0.1) is 12.3 Å². The third kappa shape index (κ3) is 3.72. The van der Waals surface area contributed by atoms with Crippen LogP contribution in [0.3, 0.4) is 0 Å². The SMILES string of the molecule is O=c1cc2c(nn1CC1CCN(CC3CCOC3)CC1)CCCC2. The van der Waals surface area contributed by atoms with Crippen LogP contribution >= 0.6 is 0 Å². The molecule has 0 saturated carbocycles. The summed E-state index contributed by atoms with van der Waals surface area (Å²) in [4.78, 5) is 14.9. The van der Waals surface area contributed by atoms with Crippen LogP contribution in [0.25, 0.3) is 0 Å². The Kier molecular flexibility index (Phi) is 4.99. The maximum Gasteiger partial charge on any atom is 0.267 e. The highest BCUT2D eigenvalue weighted by Gasteiger charge is 2.24. The molecule has 1 atom stereocenters. The lowest BCUT2D eigenvalue weighted by atomic mass is 9.95. The fourth-order valence-electron chi connectivity index (χ4n) is 4.42. The van der Waals surface area contributed by atoms with Gasteiger partial charge in [0, 0.05) is 25.8 Å². The van der Waals surface area contributed by atoms with Crippen LogP contribution in [0.2, 0.25) is 0 Å². The highest BCUT2D eigenvalue weighted by atomic mass is 16.5. The van der Waals surface area contributed by atoms with Crippen LogP contribution in [0.4, 0.5) is 0 Å². The number of aromatic nitrogens is 2. The molecule has 2 fully saturated rings. The Morgan fingerprint density at radius 3 is 2.71 bits per heavy atom. The van der Waals surface area contributed by atoms with Crippen LogP contribution in [0.15, 0.2) is 10.9 Å². The second-order valence-corrected chi connectivity index (χ2v) is 7.82. The smallest absolute Gasteiger partial charge is 0.267 e. The summed E-state index contributed by atoms with van der Waals surface area (Å²) in [6.45, 7) is 6.17. The Hall–Kier alpha value is -1.20. The summed E-state index contributed by atoms with van der Waals surface area (Å²) < 4.78 is 7.23. The molecule has 3 heterocycles. The molecular weight excluding hydrogens is 302 g/mol. The third-order valence-electron chi connectivity index (χ3n) is 5.95. The molecular formula is C19H29N3O2. The topological polar surface area (TPSA) is 47.4 Å². The van der Waals surface area contributed by atoms with Crippen molar-refractivity contribution in [3.05, 3.63) is 27.7 Å². The fraction of sp³-hybridized carbons (Fsp3) is 0.789. The molecule has 2 aliphatic heterocycles. The summed E-state index contributed by atoms with van der Waals surface area (Å²) in [5.74, 6) is 1.32. The van der Waals surface area contributed by atoms with E-state index < -0.39 is 0 Å². The predicted molar refractivity (Wildman–Crippen MR) is 93.2 cm³/mol. The number of aryl methyl sites for hydroxylation is 2. The van der Waals surface area contributed by atoms with Crippen molar-refractivity contribution in [1.29, 1.82) is 0 Å². The molecule has 1 aromatic rings. The standard InChI is InChI=1S/C19H29N3O2/c23-19-11-17-3-1-2-4-18(17)20-22(19)13-15-5-8-21(9-6-15)12-16-7-10-24-14-16/h11,15-16H,1-10,12-14H2. The van der Waals surface area contributed by atoms with Gasteiger partial charge in [-0.3, -0.25) is 4.79 Å². The van der Waals surface area contributed by atoms with Gasteiger partial charge in [-0.15, -0.1) is 0 Å². The minimum absolute atomic E-state index is 0.0983. The van der Waals surface area contributed by atoms with Crippen molar-refractivity contribution < 1.29 is 4.74 Å². The first kappa shape index (κ1) is 16.3. The van der Waals surface area contributed by atoms with Gasteiger partial charge in [-0.05, 0) is 75.4 Å². The molecule has 5 heteroatoms. The van der Waals surface area contributed by atoms with E-state index in [4.69, 9.17) is 4.74 Å². The van der Waals surface area contributed by atoms with E-state index in [2.05, 4.69) is 10.00 Å². The van der Waals surface area contributed by atoms with Crippen LogP contribution < -0.4 is 5.56 Å². The second kappa shape index (κ2) is 7.36. The lowest BCUT2D eigenvalue weighted by Crippen LogP contribution is -2.39. The summed E-state index contributed by atoms with van der Waals surface area (Å²) in [7, 11) is 0. The van der Waals surface area contributed by atoms with E-state index in [0.29, 0.717) is 5.92 Å². The summed E-state index contributed by atoms with van der Waals surface area (Å²) in [5, 5.41) is 4.68. The Morgan fingerprint density at radius 2 is 1.92 bits per heavy atom. The number of piperidine rings is 1. The third-order valence-corrected chi connectivity index (χ3v) is 5.95. The zero-order valence-corrected chi connectivity index (χ0v) is 14.6. The number of hydrogen-bond donors (Lipinski definition) is 0. The molecule has 0 bridgehead atoms. The van der Waals surface area contributed by atoms with E-state index in [1.807, 2.05) is 6.07 Å². The normalized spacial score (nSPS) is 25.8. The highest BCUT2D eigenvalue weighted by Crippen LogP contribution is 2.22. The molecule has 2 saturated heterocycles. The summed E-state index contributed by atoms with van der Waals surface area (Å²) in [6.07, 6.45) is 8.05. The number of hydrogen-bond acceptors (Lipinski definition) is 4. The van der Waals surface area contributed by atoms with Gasteiger partial charge in [-0.2, -0.15) is 5.10 Å². The van der Waals surface area contributed by atoms with Crippen molar-refractivity contribution in [2.45, 2.75) is 51.5 Å². The summed E-state index contributed by atoms with van der Waals surface area (Å²) in [5.41, 5.74) is 2.46. The lowest BCUT2D eigenvalue weighted by Gasteiger charge is -2.33. The molecule has 5 nitrogen and oxygen atoms in total. The summed E-state index contributed by atoms with van der Waals surface area (Å²) >= 11 is 0. The molecule has 1 aliphatic carbocycles. The Balaban J connectivity index is 1.33. The first-order chi connectivity index (χ1) is 11.8. The Bertz CT molecular complexity index is 614. The van der Waals surface area contributed by atoms with Crippen molar-refractivity contribution >= 4 is 0 Å². The van der Waals surface area contributed by atoms with Crippen molar-refractivity contribution in [2.24, 2.45) is 11.8 Å². The molecule has 3 aliphatic rings. The molecule has 132 valence electrons. The van der Waals surface area contributed by atoms with Gasteiger partial charge in [0.1, 0.15) is 0 Å². The minimum atomic E-state index is 0.0983.